The van der Waals surface area contributed by atoms with E-state index in [9.17, 15) is 9.90 Å². The average molecular weight is 287 g/mol. The lowest BCUT2D eigenvalue weighted by molar-refractivity contribution is -0.143. The minimum Gasteiger partial charge on any atom is -0.480 e. The van der Waals surface area contributed by atoms with E-state index in [1.807, 2.05) is 0 Å². The van der Waals surface area contributed by atoms with E-state index in [-0.39, 0.29) is 17.2 Å². The Morgan fingerprint density at radius 3 is 2.79 bits per heavy atom. The van der Waals surface area contributed by atoms with Crippen LogP contribution in [-0.2, 0) is 4.79 Å². The van der Waals surface area contributed by atoms with E-state index in [0.717, 1.165) is 12.8 Å². The van der Waals surface area contributed by atoms with Crippen molar-refractivity contribution in [3.05, 3.63) is 5.28 Å². The number of nitrogens with zero attached hydrogens (tertiary/aromatic N) is 4. The molecule has 1 aliphatic heterocycles. The summed E-state index contributed by atoms with van der Waals surface area (Å²) in [5.74, 6) is -0.663. The van der Waals surface area contributed by atoms with Crippen molar-refractivity contribution in [3.63, 3.8) is 0 Å². The molecule has 1 N–H and O–H groups in total. The van der Waals surface area contributed by atoms with Crippen molar-refractivity contribution in [1.82, 2.24) is 15.0 Å². The molecule has 7 nitrogen and oxygen atoms in total. The van der Waals surface area contributed by atoms with Crippen LogP contribution in [0.5, 0.6) is 6.01 Å². The van der Waals surface area contributed by atoms with Gasteiger partial charge < -0.3 is 14.7 Å². The third-order valence-corrected chi connectivity index (χ3v) is 3.52. The van der Waals surface area contributed by atoms with Crippen LogP contribution in [0.1, 0.15) is 26.2 Å². The lowest BCUT2D eigenvalue weighted by atomic mass is 9.89. The number of aliphatic carboxylic acids is 1. The molecule has 19 heavy (non-hydrogen) atoms. The van der Waals surface area contributed by atoms with Gasteiger partial charge in [0, 0.05) is 6.54 Å². The second kappa shape index (κ2) is 5.16. The Morgan fingerprint density at radius 2 is 2.16 bits per heavy atom. The molecule has 2 heterocycles. The van der Waals surface area contributed by atoms with E-state index >= 15 is 0 Å². The van der Waals surface area contributed by atoms with Crippen LogP contribution >= 0.6 is 11.6 Å². The fourth-order valence-electron chi connectivity index (χ4n) is 2.20. The summed E-state index contributed by atoms with van der Waals surface area (Å²) in [5.41, 5.74) is -1.03. The molecule has 2 rings (SSSR count). The maximum atomic E-state index is 11.5. The van der Waals surface area contributed by atoms with Crippen LogP contribution < -0.4 is 9.64 Å². The van der Waals surface area contributed by atoms with Crippen LogP contribution in [-0.4, -0.2) is 45.2 Å². The highest BCUT2D eigenvalue weighted by atomic mass is 35.5. The smallest absolute Gasteiger partial charge is 0.329 e. The van der Waals surface area contributed by atoms with Gasteiger partial charge in [0.15, 0.2) is 0 Å². The number of anilines is 1. The summed E-state index contributed by atoms with van der Waals surface area (Å²) < 4.78 is 4.93. The van der Waals surface area contributed by atoms with Crippen LogP contribution in [0.3, 0.4) is 0 Å². The van der Waals surface area contributed by atoms with Gasteiger partial charge in [0.25, 0.3) is 0 Å². The number of carbonyl (C=O) groups is 1. The van der Waals surface area contributed by atoms with Gasteiger partial charge in [-0.2, -0.15) is 15.0 Å². The van der Waals surface area contributed by atoms with Gasteiger partial charge >= 0.3 is 12.0 Å². The van der Waals surface area contributed by atoms with E-state index in [1.165, 1.54) is 7.11 Å². The first-order valence-corrected chi connectivity index (χ1v) is 6.32. The molecule has 0 radical (unpaired) electrons. The molecule has 0 saturated carbocycles. The fraction of sp³-hybridized carbons (Fsp3) is 0.636. The second-order valence-corrected chi connectivity index (χ2v) is 4.92. The third-order valence-electron chi connectivity index (χ3n) is 3.35. The molecule has 1 atom stereocenters. The molecule has 104 valence electrons. The van der Waals surface area contributed by atoms with Gasteiger partial charge in [0.2, 0.25) is 11.2 Å². The molecule has 1 fully saturated rings. The first-order chi connectivity index (χ1) is 8.97. The molecule has 8 heteroatoms. The highest BCUT2D eigenvalue weighted by molar-refractivity contribution is 6.28. The van der Waals surface area contributed by atoms with Gasteiger partial charge in [-0.05, 0) is 37.8 Å². The zero-order valence-corrected chi connectivity index (χ0v) is 11.5. The molecule has 1 aromatic rings. The monoisotopic (exact) mass is 286 g/mol. The van der Waals surface area contributed by atoms with Crippen LogP contribution in [0, 0.1) is 0 Å². The van der Waals surface area contributed by atoms with Crippen LogP contribution in [0.25, 0.3) is 0 Å². The Kier molecular flexibility index (Phi) is 3.75. The van der Waals surface area contributed by atoms with Crippen LogP contribution in [0.4, 0.5) is 5.95 Å². The zero-order chi connectivity index (χ0) is 14.0. The summed E-state index contributed by atoms with van der Waals surface area (Å²) >= 11 is 5.80. The number of halogens is 1. The average Bonchev–Trinajstić information content (AvgIpc) is 2.38. The Balaban J connectivity index is 2.43. The normalized spacial score (nSPS) is 23.2. The SMILES string of the molecule is COc1nc(Cl)nc(N2CCCCC2(C)C(=O)O)n1. The largest absolute Gasteiger partial charge is 0.480 e. The fourth-order valence-corrected chi connectivity index (χ4v) is 2.35. The number of methoxy groups -OCH3 is 1. The molecule has 0 bridgehead atoms. The summed E-state index contributed by atoms with van der Waals surface area (Å²) in [5, 5.41) is 9.43. The number of hydrogen-bond acceptors (Lipinski definition) is 6. The first-order valence-electron chi connectivity index (χ1n) is 5.94. The number of hydrogen-bond donors (Lipinski definition) is 1. The highest BCUT2D eigenvalue weighted by Crippen LogP contribution is 2.32. The minimum absolute atomic E-state index is 0.0137. The Morgan fingerprint density at radius 1 is 1.42 bits per heavy atom. The van der Waals surface area contributed by atoms with Crippen molar-refractivity contribution in [1.29, 1.82) is 0 Å². The summed E-state index contributed by atoms with van der Waals surface area (Å²) in [7, 11) is 1.42. The van der Waals surface area contributed by atoms with E-state index in [2.05, 4.69) is 15.0 Å². The van der Waals surface area contributed by atoms with Crippen molar-refractivity contribution in [3.8, 4) is 6.01 Å². The van der Waals surface area contributed by atoms with Gasteiger partial charge in [-0.15, -0.1) is 0 Å². The molecule has 0 amide bonds. The Hall–Kier alpha value is -1.63. The molecule has 0 aliphatic carbocycles. The quantitative estimate of drug-likeness (QED) is 0.897. The molecule has 0 aromatic carbocycles. The van der Waals surface area contributed by atoms with Crippen molar-refractivity contribution >= 4 is 23.5 Å². The van der Waals surface area contributed by atoms with Crippen molar-refractivity contribution in [2.75, 3.05) is 18.6 Å². The maximum Gasteiger partial charge on any atom is 0.329 e. The molecular formula is C11H15ClN4O3. The van der Waals surface area contributed by atoms with E-state index in [4.69, 9.17) is 16.3 Å². The van der Waals surface area contributed by atoms with Crippen molar-refractivity contribution in [2.24, 2.45) is 0 Å². The molecule has 0 spiro atoms. The van der Waals surface area contributed by atoms with Gasteiger partial charge in [-0.3, -0.25) is 0 Å². The number of carboxylic acid groups (broad SMARTS) is 1. The second-order valence-electron chi connectivity index (χ2n) is 4.58. The predicted octanol–water partition coefficient (Wildman–Crippen LogP) is 1.37. The topological polar surface area (TPSA) is 88.4 Å². The molecule has 1 unspecified atom stereocenters. The van der Waals surface area contributed by atoms with Crippen molar-refractivity contribution < 1.29 is 14.6 Å². The van der Waals surface area contributed by atoms with Gasteiger partial charge in [-0.1, -0.05) is 0 Å². The number of rotatable bonds is 3. The molecular weight excluding hydrogens is 272 g/mol. The number of aromatic nitrogens is 3. The highest BCUT2D eigenvalue weighted by Gasteiger charge is 2.43. The van der Waals surface area contributed by atoms with Gasteiger partial charge in [0.1, 0.15) is 5.54 Å². The van der Waals surface area contributed by atoms with Gasteiger partial charge in [0.05, 0.1) is 7.11 Å². The standard InChI is InChI=1S/C11H15ClN4O3/c1-11(7(17)18)5-3-4-6-16(11)9-13-8(12)14-10(15-9)19-2/h3-6H2,1-2H3,(H,17,18). The Bertz CT molecular complexity index is 499. The van der Waals surface area contributed by atoms with E-state index < -0.39 is 11.5 Å². The van der Waals surface area contributed by atoms with Crippen LogP contribution in [0.15, 0.2) is 0 Å². The number of ether oxygens (including phenoxy) is 1. The maximum absolute atomic E-state index is 11.5. The zero-order valence-electron chi connectivity index (χ0n) is 10.8. The van der Waals surface area contributed by atoms with Crippen LogP contribution in [0.2, 0.25) is 5.28 Å². The number of carboxylic acids is 1. The lowest BCUT2D eigenvalue weighted by Gasteiger charge is -2.41. The van der Waals surface area contributed by atoms with E-state index in [1.54, 1.807) is 11.8 Å². The Labute approximate surface area is 115 Å². The summed E-state index contributed by atoms with van der Waals surface area (Å²) in [4.78, 5) is 25.1. The molecule has 1 aromatic heterocycles. The van der Waals surface area contributed by atoms with E-state index in [0.29, 0.717) is 13.0 Å². The minimum atomic E-state index is -1.03. The summed E-state index contributed by atoms with van der Waals surface area (Å²) in [6.45, 7) is 2.23. The molecule has 1 aliphatic rings. The first kappa shape index (κ1) is 13.8. The molecule has 1 saturated heterocycles. The predicted molar refractivity (Wildman–Crippen MR) is 68.6 cm³/mol. The van der Waals surface area contributed by atoms with Crippen molar-refractivity contribution in [2.45, 2.75) is 31.7 Å². The van der Waals surface area contributed by atoms with Gasteiger partial charge in [-0.25, -0.2) is 4.79 Å². The summed E-state index contributed by atoms with van der Waals surface area (Å²) in [6.07, 6.45) is 2.28. The lowest BCUT2D eigenvalue weighted by Crippen LogP contribution is -2.56. The number of piperidine rings is 1. The summed E-state index contributed by atoms with van der Waals surface area (Å²) in [6, 6.07) is 0.0771. The third kappa shape index (κ3) is 2.56.